The molecule has 0 atom stereocenters. The molecule has 0 aromatic rings. The van der Waals surface area contributed by atoms with E-state index in [1.165, 1.54) is 27.8 Å². The SMILES string of the molecule is C/C(=N\O)c1cc(C)c2cc(C(C)C)ccc(C)c1-2. The third-order valence-electron chi connectivity index (χ3n) is 3.76. The Hall–Kier alpha value is -1.83. The molecule has 1 N–H and O–H groups in total. The van der Waals surface area contributed by atoms with Crippen molar-refractivity contribution in [2.45, 2.75) is 40.5 Å². The highest BCUT2D eigenvalue weighted by Crippen LogP contribution is 2.36. The van der Waals surface area contributed by atoms with Crippen molar-refractivity contribution in [2.75, 3.05) is 0 Å². The molecule has 0 aliphatic heterocycles. The molecule has 0 amide bonds. The normalized spacial score (nSPS) is 12.4. The lowest BCUT2D eigenvalue weighted by atomic mass is 9.99. The highest BCUT2D eigenvalue weighted by Gasteiger charge is 2.18. The van der Waals surface area contributed by atoms with Crippen LogP contribution in [0.15, 0.2) is 29.4 Å². The van der Waals surface area contributed by atoms with Crippen molar-refractivity contribution in [3.63, 3.8) is 0 Å². The maximum atomic E-state index is 9.04. The average Bonchev–Trinajstić information content (AvgIpc) is 2.58. The van der Waals surface area contributed by atoms with Gasteiger partial charge in [0, 0.05) is 5.56 Å². The van der Waals surface area contributed by atoms with Crippen LogP contribution in [0.3, 0.4) is 0 Å². The molecule has 0 spiro atoms. The molecule has 0 saturated heterocycles. The standard InChI is InChI=1S/C17H21NO/c1-10(2)14-7-6-11(3)17-15(9-14)12(4)8-16(17)13(5)18-19/h6-10,19H,1-5H3/b18-13+. The van der Waals surface area contributed by atoms with Crippen LogP contribution in [0.2, 0.25) is 0 Å². The van der Waals surface area contributed by atoms with Gasteiger partial charge in [-0.3, -0.25) is 0 Å². The second-order valence-corrected chi connectivity index (χ2v) is 5.53. The minimum atomic E-state index is 0.500. The Bertz CT molecular complexity index is 611. The summed E-state index contributed by atoms with van der Waals surface area (Å²) < 4.78 is 0. The average molecular weight is 255 g/mol. The molecule has 0 fully saturated rings. The molecule has 2 heteroatoms. The van der Waals surface area contributed by atoms with E-state index < -0.39 is 0 Å². The first-order chi connectivity index (χ1) is 8.95. The Morgan fingerprint density at radius 2 is 1.79 bits per heavy atom. The Kier molecular flexibility index (Phi) is 3.61. The zero-order chi connectivity index (χ0) is 14.2. The highest BCUT2D eigenvalue weighted by atomic mass is 16.4. The van der Waals surface area contributed by atoms with Crippen LogP contribution in [0.5, 0.6) is 0 Å². The smallest absolute Gasteiger partial charge is 0.0843 e. The third-order valence-corrected chi connectivity index (χ3v) is 3.76. The van der Waals surface area contributed by atoms with Crippen LogP contribution >= 0.6 is 0 Å². The fraction of sp³-hybridized carbons (Fsp3) is 0.353. The molecule has 2 aliphatic carbocycles. The summed E-state index contributed by atoms with van der Waals surface area (Å²) in [6.45, 7) is 10.5. The molecule has 2 rings (SSSR count). The van der Waals surface area contributed by atoms with Crippen LogP contribution in [-0.4, -0.2) is 10.9 Å². The van der Waals surface area contributed by atoms with E-state index >= 15 is 0 Å². The van der Waals surface area contributed by atoms with Crippen LogP contribution in [0.25, 0.3) is 11.1 Å². The number of fused-ring (bicyclic) bond motifs is 1. The van der Waals surface area contributed by atoms with Gasteiger partial charge in [0.15, 0.2) is 0 Å². The van der Waals surface area contributed by atoms with Crippen LogP contribution in [0.1, 0.15) is 48.9 Å². The summed E-state index contributed by atoms with van der Waals surface area (Å²) in [6, 6.07) is 8.72. The van der Waals surface area contributed by atoms with Gasteiger partial charge in [0.1, 0.15) is 0 Å². The highest BCUT2D eigenvalue weighted by molar-refractivity contribution is 6.06. The molecule has 2 nitrogen and oxygen atoms in total. The van der Waals surface area contributed by atoms with Gasteiger partial charge in [-0.15, -0.1) is 0 Å². The van der Waals surface area contributed by atoms with Crippen LogP contribution in [-0.2, 0) is 0 Å². The Morgan fingerprint density at radius 1 is 1.11 bits per heavy atom. The Morgan fingerprint density at radius 3 is 2.37 bits per heavy atom. The lowest BCUT2D eigenvalue weighted by Crippen LogP contribution is -1.94. The maximum absolute atomic E-state index is 9.04. The molecule has 0 saturated carbocycles. The molecule has 0 aromatic heterocycles. The molecule has 0 unspecified atom stereocenters. The van der Waals surface area contributed by atoms with E-state index in [2.05, 4.69) is 57.1 Å². The summed E-state index contributed by atoms with van der Waals surface area (Å²) in [5.74, 6) is 0.500. The summed E-state index contributed by atoms with van der Waals surface area (Å²) in [4.78, 5) is 0. The van der Waals surface area contributed by atoms with Crippen molar-refractivity contribution in [3.8, 4) is 11.1 Å². The lowest BCUT2D eigenvalue weighted by Gasteiger charge is -2.05. The minimum absolute atomic E-state index is 0.500. The summed E-state index contributed by atoms with van der Waals surface area (Å²) in [7, 11) is 0. The predicted octanol–water partition coefficient (Wildman–Crippen LogP) is 4.73. The van der Waals surface area contributed by atoms with Gasteiger partial charge in [-0.1, -0.05) is 37.2 Å². The van der Waals surface area contributed by atoms with Gasteiger partial charge in [-0.05, 0) is 60.6 Å². The summed E-state index contributed by atoms with van der Waals surface area (Å²) in [5.41, 5.74) is 7.92. The number of nitrogens with zero attached hydrogens (tertiary/aromatic N) is 1. The number of oxime groups is 1. The fourth-order valence-corrected chi connectivity index (χ4v) is 2.54. The number of aryl methyl sites for hydroxylation is 2. The van der Waals surface area contributed by atoms with Gasteiger partial charge in [0.25, 0.3) is 0 Å². The van der Waals surface area contributed by atoms with Gasteiger partial charge in [0.05, 0.1) is 5.71 Å². The number of hydrogen-bond acceptors (Lipinski definition) is 2. The zero-order valence-corrected chi connectivity index (χ0v) is 12.3. The zero-order valence-electron chi connectivity index (χ0n) is 12.3. The van der Waals surface area contributed by atoms with Crippen LogP contribution < -0.4 is 0 Å². The largest absolute Gasteiger partial charge is 0.411 e. The predicted molar refractivity (Wildman–Crippen MR) is 80.6 cm³/mol. The van der Waals surface area contributed by atoms with E-state index in [0.717, 1.165) is 5.56 Å². The molecule has 0 heterocycles. The van der Waals surface area contributed by atoms with E-state index in [1.54, 1.807) is 0 Å². The van der Waals surface area contributed by atoms with Crippen molar-refractivity contribution in [1.82, 2.24) is 0 Å². The maximum Gasteiger partial charge on any atom is 0.0843 e. The van der Waals surface area contributed by atoms with Gasteiger partial charge in [-0.25, -0.2) is 0 Å². The lowest BCUT2D eigenvalue weighted by molar-refractivity contribution is 0.319. The second-order valence-electron chi connectivity index (χ2n) is 5.53. The molecular formula is C17H21NO. The molecule has 0 bridgehead atoms. The molecule has 100 valence electrons. The van der Waals surface area contributed by atoms with Gasteiger partial charge >= 0.3 is 0 Å². The van der Waals surface area contributed by atoms with Crippen molar-refractivity contribution >= 4 is 5.71 Å². The number of rotatable bonds is 2. The first-order valence-electron chi connectivity index (χ1n) is 6.68. The van der Waals surface area contributed by atoms with E-state index in [9.17, 15) is 0 Å². The summed E-state index contributed by atoms with van der Waals surface area (Å²) in [5, 5.41) is 12.4. The fourth-order valence-electron chi connectivity index (χ4n) is 2.54. The van der Waals surface area contributed by atoms with Gasteiger partial charge in [-0.2, -0.15) is 0 Å². The van der Waals surface area contributed by atoms with Crippen molar-refractivity contribution in [2.24, 2.45) is 5.16 Å². The van der Waals surface area contributed by atoms with Crippen LogP contribution in [0, 0.1) is 13.8 Å². The van der Waals surface area contributed by atoms with Crippen molar-refractivity contribution in [1.29, 1.82) is 0 Å². The van der Waals surface area contributed by atoms with E-state index in [-0.39, 0.29) is 0 Å². The monoisotopic (exact) mass is 255 g/mol. The van der Waals surface area contributed by atoms with E-state index in [0.29, 0.717) is 11.6 Å². The molecule has 0 aromatic carbocycles. The second kappa shape index (κ2) is 5.04. The first kappa shape index (κ1) is 13.6. The summed E-state index contributed by atoms with van der Waals surface area (Å²) >= 11 is 0. The van der Waals surface area contributed by atoms with E-state index in [1.807, 2.05) is 6.92 Å². The first-order valence-corrected chi connectivity index (χ1v) is 6.68. The third kappa shape index (κ3) is 2.35. The van der Waals surface area contributed by atoms with E-state index in [4.69, 9.17) is 5.21 Å². The Balaban J connectivity index is 2.78. The molecule has 0 radical (unpaired) electrons. The van der Waals surface area contributed by atoms with Gasteiger partial charge < -0.3 is 5.21 Å². The van der Waals surface area contributed by atoms with Gasteiger partial charge in [0.2, 0.25) is 0 Å². The summed E-state index contributed by atoms with van der Waals surface area (Å²) in [6.07, 6.45) is 0. The molecular weight excluding hydrogens is 234 g/mol. The quantitative estimate of drug-likeness (QED) is 0.469. The van der Waals surface area contributed by atoms with Crippen molar-refractivity contribution < 1.29 is 5.21 Å². The van der Waals surface area contributed by atoms with Crippen molar-refractivity contribution in [3.05, 3.63) is 46.5 Å². The number of hydrogen-bond donors (Lipinski definition) is 1. The Labute approximate surface area is 115 Å². The molecule has 2 aliphatic rings. The topological polar surface area (TPSA) is 32.6 Å². The molecule has 19 heavy (non-hydrogen) atoms. The van der Waals surface area contributed by atoms with Crippen LogP contribution in [0.4, 0.5) is 0 Å². The minimum Gasteiger partial charge on any atom is -0.411 e.